The molecule has 0 amide bonds. The highest BCUT2D eigenvalue weighted by atomic mass is 16.5. The molecule has 1 heterocycles. The van der Waals surface area contributed by atoms with Crippen molar-refractivity contribution in [3.63, 3.8) is 0 Å². The minimum Gasteiger partial charge on any atom is -0.489 e. The van der Waals surface area contributed by atoms with Gasteiger partial charge in [-0.2, -0.15) is 0 Å². The van der Waals surface area contributed by atoms with Gasteiger partial charge in [-0.3, -0.25) is 0 Å². The summed E-state index contributed by atoms with van der Waals surface area (Å²) in [5, 5.41) is 3.57. The maximum Gasteiger partial charge on any atom is 0.217 e. The lowest BCUT2D eigenvalue weighted by Gasteiger charge is -2.11. The second kappa shape index (κ2) is 8.04. The Kier molecular flexibility index (Phi) is 5.34. The highest BCUT2D eigenvalue weighted by Crippen LogP contribution is 2.22. The van der Waals surface area contributed by atoms with Gasteiger partial charge in [-0.25, -0.2) is 4.99 Å². The molecular formula is C19H18N4O2. The second-order valence-electron chi connectivity index (χ2n) is 5.53. The summed E-state index contributed by atoms with van der Waals surface area (Å²) in [5.74, 6) is 1.30. The van der Waals surface area contributed by atoms with Gasteiger partial charge < -0.3 is 9.47 Å². The van der Waals surface area contributed by atoms with E-state index in [0.717, 1.165) is 16.9 Å². The van der Waals surface area contributed by atoms with Crippen LogP contribution in [0.4, 0.5) is 0 Å². The van der Waals surface area contributed by atoms with Gasteiger partial charge in [0, 0.05) is 10.5 Å². The molecule has 126 valence electrons. The standard InChI is InChI=1S/C19H18N4O2/c1-2-18-17(12-21-23-20)22-19(25-18)15-8-10-16(11-9-15)24-13-14-6-4-3-5-7-14/h2-11,17-18H,1,12-13H2/t17-,18-/m1/s1. The molecule has 0 saturated carbocycles. The van der Waals surface area contributed by atoms with Crippen LogP contribution in [0, 0.1) is 0 Å². The Labute approximate surface area is 146 Å². The molecule has 3 rings (SSSR count). The molecule has 0 saturated heterocycles. The molecular weight excluding hydrogens is 316 g/mol. The maximum absolute atomic E-state index is 8.46. The van der Waals surface area contributed by atoms with Gasteiger partial charge in [0.2, 0.25) is 5.90 Å². The fourth-order valence-corrected chi connectivity index (χ4v) is 2.51. The molecule has 6 nitrogen and oxygen atoms in total. The Hall–Kier alpha value is -3.24. The summed E-state index contributed by atoms with van der Waals surface area (Å²) >= 11 is 0. The van der Waals surface area contributed by atoms with E-state index in [1.165, 1.54) is 0 Å². The van der Waals surface area contributed by atoms with Crippen molar-refractivity contribution in [3.8, 4) is 5.75 Å². The van der Waals surface area contributed by atoms with Crippen LogP contribution < -0.4 is 4.74 Å². The van der Waals surface area contributed by atoms with Gasteiger partial charge in [-0.1, -0.05) is 42.0 Å². The molecule has 2 aromatic carbocycles. The number of hydrogen-bond donors (Lipinski definition) is 0. The third kappa shape index (κ3) is 4.19. The topological polar surface area (TPSA) is 79.6 Å². The molecule has 0 radical (unpaired) electrons. The summed E-state index contributed by atoms with van der Waals surface area (Å²) in [6.45, 7) is 4.51. The zero-order valence-corrected chi connectivity index (χ0v) is 13.7. The molecule has 0 bridgehead atoms. The van der Waals surface area contributed by atoms with Crippen molar-refractivity contribution >= 4 is 5.90 Å². The van der Waals surface area contributed by atoms with Crippen molar-refractivity contribution in [3.05, 3.63) is 88.8 Å². The molecule has 1 aliphatic heterocycles. The van der Waals surface area contributed by atoms with E-state index in [4.69, 9.17) is 15.0 Å². The van der Waals surface area contributed by atoms with E-state index in [2.05, 4.69) is 21.6 Å². The summed E-state index contributed by atoms with van der Waals surface area (Å²) in [5.41, 5.74) is 10.4. The number of azide groups is 1. The molecule has 0 spiro atoms. The van der Waals surface area contributed by atoms with Crippen LogP contribution in [0.2, 0.25) is 0 Å². The molecule has 0 aromatic heterocycles. The average Bonchev–Trinajstić information content (AvgIpc) is 3.09. The van der Waals surface area contributed by atoms with Gasteiger partial charge in [0.25, 0.3) is 0 Å². The van der Waals surface area contributed by atoms with E-state index in [9.17, 15) is 0 Å². The van der Waals surface area contributed by atoms with Gasteiger partial charge in [0.05, 0.1) is 6.54 Å². The number of benzene rings is 2. The van der Waals surface area contributed by atoms with Crippen molar-refractivity contribution in [2.75, 3.05) is 6.54 Å². The van der Waals surface area contributed by atoms with Crippen LogP contribution >= 0.6 is 0 Å². The molecule has 25 heavy (non-hydrogen) atoms. The Morgan fingerprint density at radius 3 is 2.64 bits per heavy atom. The first-order chi connectivity index (χ1) is 12.3. The van der Waals surface area contributed by atoms with Crippen molar-refractivity contribution in [2.45, 2.75) is 18.8 Å². The number of nitrogens with zero attached hydrogens (tertiary/aromatic N) is 4. The second-order valence-corrected chi connectivity index (χ2v) is 5.53. The SMILES string of the molecule is C=C[C@H]1OC(c2ccc(OCc3ccccc3)cc2)=N[C@@H]1CN=[N+]=[N-]. The first-order valence-corrected chi connectivity index (χ1v) is 7.95. The van der Waals surface area contributed by atoms with Crippen LogP contribution in [0.15, 0.2) is 77.4 Å². The molecule has 2 atom stereocenters. The minimum atomic E-state index is -0.283. The number of aliphatic imine (C=N–C) groups is 1. The summed E-state index contributed by atoms with van der Waals surface area (Å²) in [6, 6.07) is 17.3. The van der Waals surface area contributed by atoms with E-state index in [0.29, 0.717) is 12.5 Å². The lowest BCUT2D eigenvalue weighted by Crippen LogP contribution is -2.22. The van der Waals surface area contributed by atoms with Crippen LogP contribution in [-0.2, 0) is 11.3 Å². The van der Waals surface area contributed by atoms with Crippen LogP contribution in [0.25, 0.3) is 10.4 Å². The van der Waals surface area contributed by atoms with E-state index in [1.54, 1.807) is 6.08 Å². The molecule has 0 fully saturated rings. The van der Waals surface area contributed by atoms with Gasteiger partial charge in [0.1, 0.15) is 24.5 Å². The fraction of sp³-hybridized carbons (Fsp3) is 0.211. The Balaban J connectivity index is 1.65. The number of hydrogen-bond acceptors (Lipinski definition) is 4. The molecule has 0 unspecified atom stereocenters. The van der Waals surface area contributed by atoms with Crippen molar-refractivity contribution in [2.24, 2.45) is 10.1 Å². The third-order valence-corrected chi connectivity index (χ3v) is 3.82. The Morgan fingerprint density at radius 2 is 1.96 bits per heavy atom. The Bertz CT molecular complexity index is 796. The normalized spacial score (nSPS) is 18.6. The molecule has 2 aromatic rings. The average molecular weight is 334 g/mol. The van der Waals surface area contributed by atoms with Gasteiger partial charge >= 0.3 is 0 Å². The molecule has 1 aliphatic rings. The lowest BCUT2D eigenvalue weighted by molar-refractivity contribution is 0.244. The Morgan fingerprint density at radius 1 is 1.20 bits per heavy atom. The molecule has 6 heteroatoms. The molecule has 0 aliphatic carbocycles. The lowest BCUT2D eigenvalue weighted by atomic mass is 10.2. The predicted molar refractivity (Wildman–Crippen MR) is 96.6 cm³/mol. The van der Waals surface area contributed by atoms with Crippen molar-refractivity contribution < 1.29 is 9.47 Å². The summed E-state index contributed by atoms with van der Waals surface area (Å²) in [7, 11) is 0. The van der Waals surface area contributed by atoms with Crippen LogP contribution in [0.5, 0.6) is 5.75 Å². The first-order valence-electron chi connectivity index (χ1n) is 7.95. The third-order valence-electron chi connectivity index (χ3n) is 3.82. The summed E-state index contributed by atoms with van der Waals surface area (Å²) < 4.78 is 11.6. The predicted octanol–water partition coefficient (Wildman–Crippen LogP) is 4.28. The van der Waals surface area contributed by atoms with Crippen LogP contribution in [0.1, 0.15) is 11.1 Å². The van der Waals surface area contributed by atoms with Crippen molar-refractivity contribution in [1.29, 1.82) is 0 Å². The molecule has 0 N–H and O–H groups in total. The quantitative estimate of drug-likeness (QED) is 0.328. The smallest absolute Gasteiger partial charge is 0.217 e. The van der Waals surface area contributed by atoms with E-state index < -0.39 is 0 Å². The highest BCUT2D eigenvalue weighted by molar-refractivity contribution is 5.95. The van der Waals surface area contributed by atoms with Gasteiger partial charge in [-0.15, -0.1) is 0 Å². The van der Waals surface area contributed by atoms with Gasteiger partial charge in [-0.05, 0) is 41.4 Å². The first kappa shape index (κ1) is 16.6. The summed E-state index contributed by atoms with van der Waals surface area (Å²) in [6.07, 6.45) is 1.39. The van der Waals surface area contributed by atoms with Crippen LogP contribution in [0.3, 0.4) is 0 Å². The van der Waals surface area contributed by atoms with Crippen molar-refractivity contribution in [1.82, 2.24) is 0 Å². The monoisotopic (exact) mass is 334 g/mol. The van der Waals surface area contributed by atoms with E-state index >= 15 is 0 Å². The van der Waals surface area contributed by atoms with E-state index in [1.807, 2.05) is 54.6 Å². The number of rotatable bonds is 7. The highest BCUT2D eigenvalue weighted by Gasteiger charge is 2.28. The number of ether oxygens (including phenoxy) is 2. The fourth-order valence-electron chi connectivity index (χ4n) is 2.51. The summed E-state index contributed by atoms with van der Waals surface area (Å²) in [4.78, 5) is 7.26. The minimum absolute atomic E-state index is 0.239. The van der Waals surface area contributed by atoms with Gasteiger partial charge in [0.15, 0.2) is 0 Å². The van der Waals surface area contributed by atoms with E-state index in [-0.39, 0.29) is 18.7 Å². The zero-order chi connectivity index (χ0) is 17.5. The maximum atomic E-state index is 8.46. The van der Waals surface area contributed by atoms with Crippen LogP contribution in [-0.4, -0.2) is 24.6 Å². The largest absolute Gasteiger partial charge is 0.489 e. The zero-order valence-electron chi connectivity index (χ0n) is 13.7.